The average molecular weight is 302 g/mol. The zero-order chi connectivity index (χ0) is 14.2. The summed E-state index contributed by atoms with van der Waals surface area (Å²) in [6, 6.07) is 5.55. The van der Waals surface area contributed by atoms with Gasteiger partial charge in [-0.15, -0.1) is 0 Å². The second-order valence-corrected chi connectivity index (χ2v) is 4.61. The van der Waals surface area contributed by atoms with Crippen molar-refractivity contribution in [3.63, 3.8) is 0 Å². The van der Waals surface area contributed by atoms with Gasteiger partial charge in [-0.2, -0.15) is 0 Å². The van der Waals surface area contributed by atoms with Crippen LogP contribution in [0.1, 0.15) is 15.9 Å². The SMILES string of the molecule is Nc1cc(Cl)c(Cl)c(C(=O)c2ccc(F)c(F)c2)c1. The first kappa shape index (κ1) is 13.8. The molecule has 0 atom stereocenters. The van der Waals surface area contributed by atoms with Gasteiger partial charge in [0.15, 0.2) is 17.4 Å². The third-order valence-electron chi connectivity index (χ3n) is 2.48. The molecule has 19 heavy (non-hydrogen) atoms. The maximum Gasteiger partial charge on any atom is 0.194 e. The van der Waals surface area contributed by atoms with Crippen molar-refractivity contribution in [1.29, 1.82) is 0 Å². The van der Waals surface area contributed by atoms with Gasteiger partial charge < -0.3 is 5.73 Å². The zero-order valence-corrected chi connectivity index (χ0v) is 10.9. The minimum absolute atomic E-state index is 0.0191. The number of hydrogen-bond donors (Lipinski definition) is 1. The van der Waals surface area contributed by atoms with E-state index in [-0.39, 0.29) is 26.9 Å². The molecule has 0 aliphatic carbocycles. The van der Waals surface area contributed by atoms with Crippen LogP contribution in [0.2, 0.25) is 10.0 Å². The predicted octanol–water partition coefficient (Wildman–Crippen LogP) is 4.08. The van der Waals surface area contributed by atoms with Gasteiger partial charge in [-0.05, 0) is 30.3 Å². The lowest BCUT2D eigenvalue weighted by Gasteiger charge is -2.07. The van der Waals surface area contributed by atoms with Crippen LogP contribution in [0, 0.1) is 11.6 Å². The summed E-state index contributed by atoms with van der Waals surface area (Å²) in [5, 5.41) is 0.137. The molecule has 2 aromatic carbocycles. The summed E-state index contributed by atoms with van der Waals surface area (Å²) in [4.78, 5) is 12.1. The van der Waals surface area contributed by atoms with Crippen molar-refractivity contribution in [1.82, 2.24) is 0 Å². The minimum atomic E-state index is -1.11. The first-order valence-corrected chi connectivity index (χ1v) is 5.90. The van der Waals surface area contributed by atoms with Crippen molar-refractivity contribution >= 4 is 34.7 Å². The minimum Gasteiger partial charge on any atom is -0.399 e. The van der Waals surface area contributed by atoms with Crippen molar-refractivity contribution < 1.29 is 13.6 Å². The number of carbonyl (C=O) groups is 1. The Balaban J connectivity index is 2.53. The lowest BCUT2D eigenvalue weighted by atomic mass is 10.0. The summed E-state index contributed by atoms with van der Waals surface area (Å²) < 4.78 is 25.9. The summed E-state index contributed by atoms with van der Waals surface area (Å²) in [5.74, 6) is -2.73. The molecular weight excluding hydrogens is 295 g/mol. The molecule has 0 saturated carbocycles. The molecule has 0 fully saturated rings. The molecule has 98 valence electrons. The molecule has 6 heteroatoms. The highest BCUT2D eigenvalue weighted by atomic mass is 35.5. The molecule has 0 radical (unpaired) electrons. The summed E-state index contributed by atoms with van der Waals surface area (Å²) >= 11 is 11.7. The van der Waals surface area contributed by atoms with Crippen LogP contribution in [0.3, 0.4) is 0 Å². The van der Waals surface area contributed by atoms with Gasteiger partial charge in [0.2, 0.25) is 0 Å². The fourth-order valence-electron chi connectivity index (χ4n) is 1.57. The van der Waals surface area contributed by atoms with E-state index in [1.165, 1.54) is 12.1 Å². The molecule has 2 rings (SSSR count). The largest absolute Gasteiger partial charge is 0.399 e. The first-order chi connectivity index (χ1) is 8.90. The van der Waals surface area contributed by atoms with Crippen LogP contribution in [0.5, 0.6) is 0 Å². The van der Waals surface area contributed by atoms with Crippen molar-refractivity contribution in [3.8, 4) is 0 Å². The normalized spacial score (nSPS) is 10.5. The van der Waals surface area contributed by atoms with Crippen molar-refractivity contribution in [3.05, 3.63) is 63.1 Å². The topological polar surface area (TPSA) is 43.1 Å². The molecule has 0 bridgehead atoms. The average Bonchev–Trinajstić information content (AvgIpc) is 2.36. The Morgan fingerprint density at radius 3 is 2.37 bits per heavy atom. The van der Waals surface area contributed by atoms with E-state index in [4.69, 9.17) is 28.9 Å². The van der Waals surface area contributed by atoms with Crippen molar-refractivity contribution in [2.24, 2.45) is 0 Å². The second-order valence-electron chi connectivity index (χ2n) is 3.82. The van der Waals surface area contributed by atoms with Gasteiger partial charge in [-0.3, -0.25) is 4.79 Å². The lowest BCUT2D eigenvalue weighted by Crippen LogP contribution is -2.05. The molecule has 2 aromatic rings. The van der Waals surface area contributed by atoms with E-state index in [9.17, 15) is 13.6 Å². The first-order valence-electron chi connectivity index (χ1n) is 5.14. The lowest BCUT2D eigenvalue weighted by molar-refractivity contribution is 0.103. The number of nitrogens with two attached hydrogens (primary N) is 1. The summed E-state index contributed by atoms with van der Waals surface area (Å²) in [7, 11) is 0. The highest BCUT2D eigenvalue weighted by molar-refractivity contribution is 6.44. The number of halogens is 4. The fraction of sp³-hybridized carbons (Fsp3) is 0. The van der Waals surface area contributed by atoms with Crippen LogP contribution in [-0.2, 0) is 0 Å². The summed E-state index contributed by atoms with van der Waals surface area (Å²) in [5.41, 5.74) is 5.82. The van der Waals surface area contributed by atoms with Gasteiger partial charge in [-0.1, -0.05) is 23.2 Å². The number of anilines is 1. The van der Waals surface area contributed by atoms with Crippen LogP contribution in [0.25, 0.3) is 0 Å². The summed E-state index contributed by atoms with van der Waals surface area (Å²) in [6.45, 7) is 0. The number of benzene rings is 2. The number of ketones is 1. The molecule has 0 saturated heterocycles. The standard InChI is InChI=1S/C13H7Cl2F2NO/c14-9-5-7(18)4-8(12(9)15)13(19)6-1-2-10(16)11(17)3-6/h1-5H,18H2. The van der Waals surface area contributed by atoms with Crippen molar-refractivity contribution in [2.75, 3.05) is 5.73 Å². The number of hydrogen-bond acceptors (Lipinski definition) is 2. The quantitative estimate of drug-likeness (QED) is 0.671. The number of carbonyl (C=O) groups excluding carboxylic acids is 1. The van der Waals surface area contributed by atoms with Crippen LogP contribution in [-0.4, -0.2) is 5.78 Å². The molecular formula is C13H7Cl2F2NO. The van der Waals surface area contributed by atoms with Crippen LogP contribution in [0.15, 0.2) is 30.3 Å². The molecule has 0 unspecified atom stereocenters. The van der Waals surface area contributed by atoms with Crippen LogP contribution >= 0.6 is 23.2 Å². The number of rotatable bonds is 2. The molecule has 0 aliphatic heterocycles. The maximum atomic E-state index is 13.1. The Kier molecular flexibility index (Phi) is 3.73. The molecule has 2 N–H and O–H groups in total. The van der Waals surface area contributed by atoms with Crippen LogP contribution in [0.4, 0.5) is 14.5 Å². The molecule has 2 nitrogen and oxygen atoms in total. The maximum absolute atomic E-state index is 13.1. The van der Waals surface area contributed by atoms with E-state index in [0.717, 1.165) is 18.2 Å². The highest BCUT2D eigenvalue weighted by Gasteiger charge is 2.17. The Morgan fingerprint density at radius 1 is 1.05 bits per heavy atom. The second kappa shape index (κ2) is 5.15. The Labute approximate surface area is 117 Å². The van der Waals surface area contributed by atoms with E-state index >= 15 is 0 Å². The van der Waals surface area contributed by atoms with Gasteiger partial charge >= 0.3 is 0 Å². The Bertz CT molecular complexity index is 674. The zero-order valence-electron chi connectivity index (χ0n) is 9.38. The molecule has 0 aromatic heterocycles. The predicted molar refractivity (Wildman–Crippen MR) is 70.7 cm³/mol. The van der Waals surface area contributed by atoms with Crippen LogP contribution < -0.4 is 5.73 Å². The number of nitrogen functional groups attached to an aromatic ring is 1. The van der Waals surface area contributed by atoms with E-state index in [0.29, 0.717) is 0 Å². The van der Waals surface area contributed by atoms with Gasteiger partial charge in [0.25, 0.3) is 0 Å². The van der Waals surface area contributed by atoms with Gasteiger partial charge in [0.1, 0.15) is 0 Å². The van der Waals surface area contributed by atoms with E-state index in [2.05, 4.69) is 0 Å². The Hall–Kier alpha value is -1.65. The Morgan fingerprint density at radius 2 is 1.74 bits per heavy atom. The summed E-state index contributed by atoms with van der Waals surface area (Å²) in [6.07, 6.45) is 0. The monoisotopic (exact) mass is 301 g/mol. The van der Waals surface area contributed by atoms with E-state index in [1.54, 1.807) is 0 Å². The highest BCUT2D eigenvalue weighted by Crippen LogP contribution is 2.30. The smallest absolute Gasteiger partial charge is 0.194 e. The van der Waals surface area contributed by atoms with Gasteiger partial charge in [0.05, 0.1) is 10.0 Å². The third kappa shape index (κ3) is 2.69. The van der Waals surface area contributed by atoms with Crippen molar-refractivity contribution in [2.45, 2.75) is 0 Å². The van der Waals surface area contributed by atoms with E-state index < -0.39 is 17.4 Å². The third-order valence-corrected chi connectivity index (χ3v) is 3.28. The molecule has 0 amide bonds. The van der Waals surface area contributed by atoms with E-state index in [1.807, 2.05) is 0 Å². The molecule has 0 heterocycles. The van der Waals surface area contributed by atoms with Gasteiger partial charge in [-0.25, -0.2) is 8.78 Å². The molecule has 0 aliphatic rings. The molecule has 0 spiro atoms. The fourth-order valence-corrected chi connectivity index (χ4v) is 1.99. The van der Waals surface area contributed by atoms with Gasteiger partial charge in [0, 0.05) is 16.8 Å².